The van der Waals surface area contributed by atoms with Crippen LogP contribution in [0.1, 0.15) is 35.7 Å². The summed E-state index contributed by atoms with van der Waals surface area (Å²) < 4.78 is 0.766. The van der Waals surface area contributed by atoms with Gasteiger partial charge in [0.05, 0.1) is 5.56 Å². The SMILES string of the molecule is CNc1ncc(Br)cc1C(=O)Nc1ccc(C(C)C)cc1. The van der Waals surface area contributed by atoms with Crippen molar-refractivity contribution in [2.75, 3.05) is 17.7 Å². The van der Waals surface area contributed by atoms with Crippen LogP contribution in [-0.2, 0) is 0 Å². The summed E-state index contributed by atoms with van der Waals surface area (Å²) >= 11 is 3.33. The molecule has 0 saturated carbocycles. The van der Waals surface area contributed by atoms with Gasteiger partial charge < -0.3 is 10.6 Å². The van der Waals surface area contributed by atoms with E-state index >= 15 is 0 Å². The van der Waals surface area contributed by atoms with Crippen molar-refractivity contribution in [2.24, 2.45) is 0 Å². The molecule has 2 N–H and O–H groups in total. The highest BCUT2D eigenvalue weighted by Crippen LogP contribution is 2.21. The van der Waals surface area contributed by atoms with E-state index in [0.29, 0.717) is 17.3 Å². The van der Waals surface area contributed by atoms with Crippen LogP contribution in [0.4, 0.5) is 11.5 Å². The van der Waals surface area contributed by atoms with Gasteiger partial charge in [0.25, 0.3) is 5.91 Å². The molecule has 0 aliphatic heterocycles. The Bertz CT molecular complexity index is 638. The maximum Gasteiger partial charge on any atom is 0.259 e. The summed E-state index contributed by atoms with van der Waals surface area (Å²) in [5.74, 6) is 0.833. The summed E-state index contributed by atoms with van der Waals surface area (Å²) in [5, 5.41) is 5.81. The molecule has 0 bridgehead atoms. The molecular weight excluding hydrogens is 330 g/mol. The molecule has 21 heavy (non-hydrogen) atoms. The molecule has 1 heterocycles. The zero-order chi connectivity index (χ0) is 15.4. The Morgan fingerprint density at radius 3 is 2.48 bits per heavy atom. The van der Waals surface area contributed by atoms with E-state index in [1.807, 2.05) is 24.3 Å². The van der Waals surface area contributed by atoms with E-state index in [1.165, 1.54) is 5.56 Å². The van der Waals surface area contributed by atoms with Gasteiger partial charge in [0.2, 0.25) is 0 Å². The molecule has 0 saturated heterocycles. The van der Waals surface area contributed by atoms with Crippen LogP contribution in [0.25, 0.3) is 0 Å². The highest BCUT2D eigenvalue weighted by molar-refractivity contribution is 9.10. The number of benzene rings is 1. The molecule has 4 nitrogen and oxygen atoms in total. The fourth-order valence-corrected chi connectivity index (χ4v) is 2.29. The standard InChI is InChI=1S/C16H18BrN3O/c1-10(2)11-4-6-13(7-5-11)20-16(21)14-8-12(17)9-19-15(14)18-3/h4-10H,1-3H3,(H,18,19)(H,20,21). The normalized spacial score (nSPS) is 10.5. The van der Waals surface area contributed by atoms with Crippen LogP contribution < -0.4 is 10.6 Å². The molecule has 1 aromatic carbocycles. The van der Waals surface area contributed by atoms with E-state index in [1.54, 1.807) is 19.3 Å². The molecule has 5 heteroatoms. The first-order chi connectivity index (χ1) is 10.0. The molecule has 0 atom stereocenters. The number of hydrogen-bond acceptors (Lipinski definition) is 3. The zero-order valence-electron chi connectivity index (χ0n) is 12.3. The predicted molar refractivity (Wildman–Crippen MR) is 90.0 cm³/mol. The minimum absolute atomic E-state index is 0.189. The number of nitrogens with one attached hydrogen (secondary N) is 2. The van der Waals surface area contributed by atoms with Crippen molar-refractivity contribution in [1.29, 1.82) is 0 Å². The third kappa shape index (κ3) is 3.82. The molecule has 110 valence electrons. The van der Waals surface area contributed by atoms with Gasteiger partial charge in [-0.2, -0.15) is 0 Å². The molecule has 0 spiro atoms. The fourth-order valence-electron chi connectivity index (χ4n) is 1.96. The van der Waals surface area contributed by atoms with Crippen molar-refractivity contribution in [3.63, 3.8) is 0 Å². The van der Waals surface area contributed by atoms with Gasteiger partial charge in [0.15, 0.2) is 0 Å². The van der Waals surface area contributed by atoms with Crippen LogP contribution in [0.2, 0.25) is 0 Å². The monoisotopic (exact) mass is 347 g/mol. The van der Waals surface area contributed by atoms with Crippen molar-refractivity contribution in [3.05, 3.63) is 52.1 Å². The lowest BCUT2D eigenvalue weighted by molar-refractivity contribution is 0.102. The van der Waals surface area contributed by atoms with Crippen LogP contribution in [0.5, 0.6) is 0 Å². The number of carbonyl (C=O) groups is 1. The molecule has 0 fully saturated rings. The first-order valence-electron chi connectivity index (χ1n) is 6.76. The van der Waals surface area contributed by atoms with Crippen molar-refractivity contribution in [2.45, 2.75) is 19.8 Å². The summed E-state index contributed by atoms with van der Waals surface area (Å²) in [7, 11) is 1.74. The van der Waals surface area contributed by atoms with Crippen molar-refractivity contribution < 1.29 is 4.79 Å². The summed E-state index contributed by atoms with van der Waals surface area (Å²) in [6.45, 7) is 4.28. The minimum Gasteiger partial charge on any atom is -0.372 e. The number of amides is 1. The molecule has 0 radical (unpaired) electrons. The first kappa shape index (κ1) is 15.5. The third-order valence-corrected chi connectivity index (χ3v) is 3.60. The second kappa shape index (κ2) is 6.72. The van der Waals surface area contributed by atoms with E-state index in [0.717, 1.165) is 10.2 Å². The van der Waals surface area contributed by atoms with Gasteiger partial charge in [-0.05, 0) is 45.6 Å². The summed E-state index contributed by atoms with van der Waals surface area (Å²) in [6.07, 6.45) is 1.65. The highest BCUT2D eigenvalue weighted by Gasteiger charge is 2.13. The Morgan fingerprint density at radius 2 is 1.90 bits per heavy atom. The van der Waals surface area contributed by atoms with Gasteiger partial charge >= 0.3 is 0 Å². The lowest BCUT2D eigenvalue weighted by atomic mass is 10.0. The average molecular weight is 348 g/mol. The summed E-state index contributed by atoms with van der Waals surface area (Å²) in [4.78, 5) is 16.5. The molecule has 0 unspecified atom stereocenters. The average Bonchev–Trinajstić information content (AvgIpc) is 2.47. The number of nitrogens with zero attached hydrogens (tertiary/aromatic N) is 1. The Kier molecular flexibility index (Phi) is 4.96. The quantitative estimate of drug-likeness (QED) is 0.868. The van der Waals surface area contributed by atoms with Crippen molar-refractivity contribution in [1.82, 2.24) is 4.98 Å². The summed E-state index contributed by atoms with van der Waals surface area (Å²) in [6, 6.07) is 9.63. The van der Waals surface area contributed by atoms with Crippen LogP contribution in [-0.4, -0.2) is 17.9 Å². The van der Waals surface area contributed by atoms with Crippen LogP contribution >= 0.6 is 15.9 Å². The van der Waals surface area contributed by atoms with E-state index in [4.69, 9.17) is 0 Å². The lowest BCUT2D eigenvalue weighted by Crippen LogP contribution is -2.15. The largest absolute Gasteiger partial charge is 0.372 e. The fraction of sp³-hybridized carbons (Fsp3) is 0.250. The van der Waals surface area contributed by atoms with Gasteiger partial charge in [0, 0.05) is 23.4 Å². The van der Waals surface area contributed by atoms with Crippen molar-refractivity contribution in [3.8, 4) is 0 Å². The number of hydrogen-bond donors (Lipinski definition) is 2. The Morgan fingerprint density at radius 1 is 1.24 bits per heavy atom. The van der Waals surface area contributed by atoms with Gasteiger partial charge in [-0.15, -0.1) is 0 Å². The van der Waals surface area contributed by atoms with E-state index < -0.39 is 0 Å². The molecule has 0 aliphatic carbocycles. The van der Waals surface area contributed by atoms with Gasteiger partial charge in [0.1, 0.15) is 5.82 Å². The molecule has 2 rings (SSSR count). The predicted octanol–water partition coefficient (Wildman–Crippen LogP) is 4.26. The highest BCUT2D eigenvalue weighted by atomic mass is 79.9. The maximum absolute atomic E-state index is 12.4. The topological polar surface area (TPSA) is 54.0 Å². The number of anilines is 2. The number of carbonyl (C=O) groups excluding carboxylic acids is 1. The van der Waals surface area contributed by atoms with Crippen LogP contribution in [0.15, 0.2) is 41.0 Å². The van der Waals surface area contributed by atoms with Crippen molar-refractivity contribution >= 4 is 33.3 Å². The van der Waals surface area contributed by atoms with Crippen LogP contribution in [0, 0.1) is 0 Å². The van der Waals surface area contributed by atoms with E-state index in [9.17, 15) is 4.79 Å². The molecule has 2 aromatic rings. The molecule has 1 aromatic heterocycles. The number of pyridine rings is 1. The lowest BCUT2D eigenvalue weighted by Gasteiger charge is -2.11. The van der Waals surface area contributed by atoms with Gasteiger partial charge in [-0.3, -0.25) is 4.79 Å². The van der Waals surface area contributed by atoms with E-state index in [-0.39, 0.29) is 5.91 Å². The Hall–Kier alpha value is -1.88. The minimum atomic E-state index is -0.189. The number of halogens is 1. The maximum atomic E-state index is 12.4. The first-order valence-corrected chi connectivity index (χ1v) is 7.55. The smallest absolute Gasteiger partial charge is 0.259 e. The number of rotatable bonds is 4. The van der Waals surface area contributed by atoms with Gasteiger partial charge in [-0.25, -0.2) is 4.98 Å². The zero-order valence-corrected chi connectivity index (χ0v) is 13.9. The third-order valence-electron chi connectivity index (χ3n) is 3.17. The second-order valence-corrected chi connectivity index (χ2v) is 5.95. The van der Waals surface area contributed by atoms with Gasteiger partial charge in [-0.1, -0.05) is 26.0 Å². The summed E-state index contributed by atoms with van der Waals surface area (Å²) in [5.41, 5.74) is 2.51. The second-order valence-electron chi connectivity index (χ2n) is 5.03. The Labute approximate surface area is 133 Å². The molecule has 0 aliphatic rings. The number of aromatic nitrogens is 1. The van der Waals surface area contributed by atoms with E-state index in [2.05, 4.69) is 45.4 Å². The molecular formula is C16H18BrN3O. The van der Waals surface area contributed by atoms with Crippen LogP contribution in [0.3, 0.4) is 0 Å². The Balaban J connectivity index is 2.19. The molecule has 1 amide bonds.